The molecular weight excluding hydrogens is 536 g/mol. The molecule has 208 valence electrons. The largest absolute Gasteiger partial charge is 0.433 e. The van der Waals surface area contributed by atoms with E-state index in [0.29, 0.717) is 22.5 Å². The third-order valence-electron chi connectivity index (χ3n) is 6.85. The van der Waals surface area contributed by atoms with Crippen molar-refractivity contribution >= 4 is 34.1 Å². The van der Waals surface area contributed by atoms with Crippen LogP contribution in [0.1, 0.15) is 27.2 Å². The molecule has 0 spiro atoms. The number of anilines is 2. The number of para-hydroxylation sites is 1. The van der Waals surface area contributed by atoms with Gasteiger partial charge in [-0.15, -0.1) is 0 Å². The summed E-state index contributed by atoms with van der Waals surface area (Å²) in [6.07, 6.45) is 1.57. The lowest BCUT2D eigenvalue weighted by Crippen LogP contribution is -2.37. The zero-order valence-electron chi connectivity index (χ0n) is 21.8. The lowest BCUT2D eigenvalue weighted by molar-refractivity contribution is -0.116. The fraction of sp³-hybridized carbons (Fsp3) is 0.143. The minimum atomic E-state index is -1.14. The molecule has 1 fully saturated rings. The third-order valence-corrected chi connectivity index (χ3v) is 6.85. The molecule has 0 bridgehead atoms. The minimum Gasteiger partial charge on any atom is -0.433 e. The maximum Gasteiger partial charge on any atom is 0.244 e. The molecule has 1 aliphatic rings. The molecule has 0 saturated carbocycles. The number of hydrogen-bond donors (Lipinski definition) is 4. The van der Waals surface area contributed by atoms with Crippen molar-refractivity contribution in [2.45, 2.75) is 20.2 Å². The SMILES string of the molecule is Cc1cc2cc(C(=O)c3cnn(-c4cnc(Oc5c(F)cccc5F)cc4C)c3N)[nH]c2cc1N1C(=O)CNC1O. The number of aliphatic hydroxyl groups excluding tert-OH is 1. The Labute approximate surface area is 231 Å². The predicted octanol–water partition coefficient (Wildman–Crippen LogP) is 3.46. The maximum absolute atomic E-state index is 14.0. The molecule has 0 radical (unpaired) electrons. The summed E-state index contributed by atoms with van der Waals surface area (Å²) in [5.41, 5.74) is 9.57. The summed E-state index contributed by atoms with van der Waals surface area (Å²) in [4.78, 5) is 34.1. The number of ether oxygens (including phenoxy) is 1. The second-order valence-electron chi connectivity index (χ2n) is 9.57. The van der Waals surface area contributed by atoms with E-state index in [0.717, 1.165) is 23.1 Å². The molecule has 11 nitrogen and oxygen atoms in total. The number of rotatable bonds is 6. The first kappa shape index (κ1) is 26.1. The molecule has 4 heterocycles. The van der Waals surface area contributed by atoms with Crippen LogP contribution in [0.4, 0.5) is 20.3 Å². The normalized spacial score (nSPS) is 15.2. The zero-order chi connectivity index (χ0) is 29.0. The van der Waals surface area contributed by atoms with Crippen molar-refractivity contribution in [3.63, 3.8) is 0 Å². The number of hydrogen-bond acceptors (Lipinski definition) is 8. The highest BCUT2D eigenvalue weighted by molar-refractivity contribution is 6.13. The van der Waals surface area contributed by atoms with Gasteiger partial charge in [0.25, 0.3) is 0 Å². The van der Waals surface area contributed by atoms with Gasteiger partial charge in [-0.05, 0) is 55.3 Å². The number of aromatic nitrogens is 4. The summed E-state index contributed by atoms with van der Waals surface area (Å²) in [6, 6.07) is 10.0. The van der Waals surface area contributed by atoms with Crippen molar-refractivity contribution in [3.05, 3.63) is 88.9 Å². The molecule has 5 N–H and O–H groups in total. The summed E-state index contributed by atoms with van der Waals surface area (Å²) in [7, 11) is 0. The summed E-state index contributed by atoms with van der Waals surface area (Å²) < 4.78 is 34.6. The van der Waals surface area contributed by atoms with E-state index in [1.54, 1.807) is 19.1 Å². The monoisotopic (exact) mass is 559 g/mol. The first-order valence-electron chi connectivity index (χ1n) is 12.5. The van der Waals surface area contributed by atoms with Gasteiger partial charge in [0.1, 0.15) is 5.82 Å². The van der Waals surface area contributed by atoms with Crippen molar-refractivity contribution < 1.29 is 28.2 Å². The van der Waals surface area contributed by atoms with E-state index in [1.165, 1.54) is 34.1 Å². The number of amides is 1. The van der Waals surface area contributed by atoms with Crippen LogP contribution in [0.3, 0.4) is 0 Å². The maximum atomic E-state index is 14.0. The van der Waals surface area contributed by atoms with Crippen LogP contribution >= 0.6 is 0 Å². The second kappa shape index (κ2) is 9.80. The average Bonchev–Trinajstić information content (AvgIpc) is 3.62. The van der Waals surface area contributed by atoms with Crippen molar-refractivity contribution in [2.24, 2.45) is 0 Å². The number of carbonyl (C=O) groups is 2. The van der Waals surface area contributed by atoms with Crippen molar-refractivity contribution in [3.8, 4) is 17.3 Å². The fourth-order valence-electron chi connectivity index (χ4n) is 4.78. The molecule has 1 amide bonds. The number of halogens is 2. The Morgan fingerprint density at radius 1 is 1.10 bits per heavy atom. The number of aryl methyl sites for hydroxylation is 2. The highest BCUT2D eigenvalue weighted by atomic mass is 19.1. The van der Waals surface area contributed by atoms with Crippen LogP contribution in [-0.2, 0) is 4.79 Å². The van der Waals surface area contributed by atoms with Crippen LogP contribution in [0.5, 0.6) is 11.6 Å². The summed E-state index contributed by atoms with van der Waals surface area (Å²) >= 11 is 0. The molecule has 6 rings (SSSR count). The summed E-state index contributed by atoms with van der Waals surface area (Å²) in [5, 5.41) is 17.8. The van der Waals surface area contributed by atoms with E-state index >= 15 is 0 Å². The van der Waals surface area contributed by atoms with E-state index in [4.69, 9.17) is 10.5 Å². The van der Waals surface area contributed by atoms with Crippen molar-refractivity contribution in [1.29, 1.82) is 0 Å². The Hall–Kier alpha value is -5.14. The molecule has 41 heavy (non-hydrogen) atoms. The molecule has 0 aliphatic carbocycles. The number of nitrogens with zero attached hydrogens (tertiary/aromatic N) is 4. The van der Waals surface area contributed by atoms with Gasteiger partial charge in [-0.2, -0.15) is 5.10 Å². The van der Waals surface area contributed by atoms with Gasteiger partial charge in [-0.25, -0.2) is 18.4 Å². The molecule has 1 saturated heterocycles. The van der Waals surface area contributed by atoms with Gasteiger partial charge < -0.3 is 20.6 Å². The van der Waals surface area contributed by atoms with Crippen molar-refractivity contribution in [1.82, 2.24) is 25.1 Å². The quantitative estimate of drug-likeness (QED) is 0.231. The first-order chi connectivity index (χ1) is 19.6. The lowest BCUT2D eigenvalue weighted by atomic mass is 10.1. The summed E-state index contributed by atoms with van der Waals surface area (Å²) in [6.45, 7) is 3.54. The van der Waals surface area contributed by atoms with Crippen LogP contribution in [-0.4, -0.2) is 49.4 Å². The van der Waals surface area contributed by atoms with Crippen LogP contribution in [0, 0.1) is 25.5 Å². The first-order valence-corrected chi connectivity index (χ1v) is 12.5. The van der Waals surface area contributed by atoms with E-state index in [2.05, 4.69) is 20.4 Å². The number of ketones is 1. The minimum absolute atomic E-state index is 0.0191. The number of aromatic amines is 1. The molecule has 1 aliphatic heterocycles. The van der Waals surface area contributed by atoms with Crippen LogP contribution in [0.15, 0.2) is 54.9 Å². The van der Waals surface area contributed by atoms with E-state index in [9.17, 15) is 23.5 Å². The van der Waals surface area contributed by atoms with Crippen molar-refractivity contribution in [2.75, 3.05) is 17.2 Å². The van der Waals surface area contributed by atoms with Crippen LogP contribution in [0.25, 0.3) is 16.6 Å². The number of fused-ring (bicyclic) bond motifs is 1. The van der Waals surface area contributed by atoms with Gasteiger partial charge in [-0.3, -0.25) is 19.8 Å². The smallest absolute Gasteiger partial charge is 0.244 e. The van der Waals surface area contributed by atoms with E-state index in [1.807, 2.05) is 13.0 Å². The number of aliphatic hydroxyl groups is 1. The fourth-order valence-corrected chi connectivity index (χ4v) is 4.78. The highest BCUT2D eigenvalue weighted by Crippen LogP contribution is 2.31. The number of pyridine rings is 1. The lowest BCUT2D eigenvalue weighted by Gasteiger charge is -2.21. The Bertz CT molecular complexity index is 1850. The van der Waals surface area contributed by atoms with Gasteiger partial charge in [0.05, 0.1) is 41.6 Å². The predicted molar refractivity (Wildman–Crippen MR) is 145 cm³/mol. The zero-order valence-corrected chi connectivity index (χ0v) is 21.8. The molecular formula is C28H23F2N7O4. The topological polar surface area (TPSA) is 151 Å². The molecule has 2 aromatic carbocycles. The van der Waals surface area contributed by atoms with Gasteiger partial charge in [0.15, 0.2) is 18.0 Å². The van der Waals surface area contributed by atoms with Crippen LogP contribution < -0.4 is 20.7 Å². The third kappa shape index (κ3) is 4.46. The van der Waals surface area contributed by atoms with Gasteiger partial charge in [0.2, 0.25) is 23.3 Å². The molecule has 5 aromatic rings. The van der Waals surface area contributed by atoms with Gasteiger partial charge in [0, 0.05) is 17.0 Å². The number of benzene rings is 2. The Kier molecular flexibility index (Phi) is 6.24. The Morgan fingerprint density at radius 2 is 1.83 bits per heavy atom. The Morgan fingerprint density at radius 3 is 2.51 bits per heavy atom. The second-order valence-corrected chi connectivity index (χ2v) is 9.57. The van der Waals surface area contributed by atoms with E-state index < -0.39 is 29.5 Å². The highest BCUT2D eigenvalue weighted by Gasteiger charge is 2.31. The summed E-state index contributed by atoms with van der Waals surface area (Å²) in [5.74, 6) is -2.97. The van der Waals surface area contributed by atoms with Crippen LogP contribution in [0.2, 0.25) is 0 Å². The van der Waals surface area contributed by atoms with Gasteiger partial charge in [-0.1, -0.05) is 6.07 Å². The molecule has 1 unspecified atom stereocenters. The molecule has 13 heteroatoms. The average molecular weight is 560 g/mol. The van der Waals surface area contributed by atoms with E-state index in [-0.39, 0.29) is 35.4 Å². The number of H-pyrrole nitrogens is 1. The Balaban J connectivity index is 1.28. The number of carbonyl (C=O) groups excluding carboxylic acids is 2. The van der Waals surface area contributed by atoms with Gasteiger partial charge >= 0.3 is 0 Å². The molecule has 3 aromatic heterocycles. The number of nitrogen functional groups attached to an aromatic ring is 1. The number of nitrogens with one attached hydrogen (secondary N) is 2. The number of nitrogens with two attached hydrogens (primary N) is 1. The molecule has 1 atom stereocenters. The standard InChI is InChI=1S/C28H23F2N7O4/c1-13-6-15-8-20(35-19(15)9-21(13)36-24(38)12-33-28(36)40)25(39)16-10-34-37(27(16)31)22-11-32-23(7-14(22)2)41-26-17(29)4-3-5-18(26)30/h3-11,28,33,35,40H,12,31H2,1-2H3.